The second-order valence-electron chi connectivity index (χ2n) is 4.78. The summed E-state index contributed by atoms with van der Waals surface area (Å²) >= 11 is 0. The van der Waals surface area contributed by atoms with E-state index in [4.69, 9.17) is 4.74 Å². The van der Waals surface area contributed by atoms with Gasteiger partial charge in [-0.3, -0.25) is 0 Å². The van der Waals surface area contributed by atoms with Gasteiger partial charge in [-0.2, -0.15) is 0 Å². The van der Waals surface area contributed by atoms with Crippen molar-refractivity contribution < 1.29 is 4.74 Å². The molecule has 0 saturated carbocycles. The molecule has 1 fully saturated rings. The lowest BCUT2D eigenvalue weighted by atomic mass is 10.1. The molecule has 0 aliphatic carbocycles. The molecule has 1 aliphatic heterocycles. The molecular formula is C14H21N3O. The van der Waals surface area contributed by atoms with Crippen LogP contribution in [0.25, 0.3) is 0 Å². The van der Waals surface area contributed by atoms with Gasteiger partial charge in [0.1, 0.15) is 6.10 Å². The Hall–Kier alpha value is -1.42. The zero-order valence-corrected chi connectivity index (χ0v) is 11.0. The Morgan fingerprint density at radius 3 is 2.67 bits per heavy atom. The summed E-state index contributed by atoms with van der Waals surface area (Å²) in [7, 11) is 0. The molecule has 0 unspecified atom stereocenters. The predicted molar refractivity (Wildman–Crippen MR) is 71.7 cm³/mol. The number of ether oxygens (including phenoxy) is 1. The van der Waals surface area contributed by atoms with Crippen LogP contribution >= 0.6 is 0 Å². The number of hydrogen-bond donors (Lipinski definition) is 0. The average Bonchev–Trinajstić information content (AvgIpc) is 2.41. The molecule has 1 saturated heterocycles. The van der Waals surface area contributed by atoms with Gasteiger partial charge in [-0.1, -0.05) is 6.08 Å². The second-order valence-corrected chi connectivity index (χ2v) is 4.78. The molecule has 0 spiro atoms. The van der Waals surface area contributed by atoms with Crippen LogP contribution in [0.2, 0.25) is 0 Å². The van der Waals surface area contributed by atoms with Crippen LogP contribution in [0.3, 0.4) is 0 Å². The molecule has 18 heavy (non-hydrogen) atoms. The normalized spacial score (nSPS) is 17.6. The van der Waals surface area contributed by atoms with Crippen molar-refractivity contribution in [2.45, 2.75) is 32.3 Å². The average molecular weight is 247 g/mol. The first-order chi connectivity index (χ1) is 8.78. The van der Waals surface area contributed by atoms with Crippen LogP contribution in [0.5, 0.6) is 6.01 Å². The highest BCUT2D eigenvalue weighted by atomic mass is 16.5. The maximum absolute atomic E-state index is 5.79. The van der Waals surface area contributed by atoms with Gasteiger partial charge in [0.15, 0.2) is 0 Å². The summed E-state index contributed by atoms with van der Waals surface area (Å²) in [5.41, 5.74) is 1.06. The van der Waals surface area contributed by atoms with E-state index in [1.807, 2.05) is 13.0 Å². The fraction of sp³-hybridized carbons (Fsp3) is 0.571. The van der Waals surface area contributed by atoms with Gasteiger partial charge in [-0.25, -0.2) is 9.97 Å². The number of aryl methyl sites for hydroxylation is 1. The molecule has 0 atom stereocenters. The highest BCUT2D eigenvalue weighted by molar-refractivity contribution is 5.04. The lowest BCUT2D eigenvalue weighted by molar-refractivity contribution is 0.0936. The lowest BCUT2D eigenvalue weighted by Crippen LogP contribution is -2.38. The number of nitrogens with zero attached hydrogens (tertiary/aromatic N) is 3. The topological polar surface area (TPSA) is 38.2 Å². The van der Waals surface area contributed by atoms with E-state index in [2.05, 4.69) is 21.4 Å². The molecule has 0 radical (unpaired) electrons. The smallest absolute Gasteiger partial charge is 0.316 e. The Kier molecular flexibility index (Phi) is 4.70. The third kappa shape index (κ3) is 3.81. The number of hydrogen-bond acceptors (Lipinski definition) is 4. The van der Waals surface area contributed by atoms with Crippen LogP contribution in [-0.2, 0) is 0 Å². The molecule has 0 amide bonds. The van der Waals surface area contributed by atoms with Crippen molar-refractivity contribution in [2.24, 2.45) is 0 Å². The van der Waals surface area contributed by atoms with Gasteiger partial charge in [-0.15, -0.1) is 6.58 Å². The lowest BCUT2D eigenvalue weighted by Gasteiger charge is -2.31. The predicted octanol–water partition coefficient (Wildman–Crippen LogP) is 2.20. The minimum Gasteiger partial charge on any atom is -0.460 e. The Morgan fingerprint density at radius 2 is 2.06 bits per heavy atom. The van der Waals surface area contributed by atoms with Crippen LogP contribution in [0.15, 0.2) is 25.0 Å². The van der Waals surface area contributed by atoms with E-state index in [-0.39, 0.29) is 6.10 Å². The third-order valence-electron chi connectivity index (χ3n) is 3.21. The van der Waals surface area contributed by atoms with Gasteiger partial charge in [0.25, 0.3) is 0 Å². The highest BCUT2D eigenvalue weighted by Crippen LogP contribution is 2.15. The summed E-state index contributed by atoms with van der Waals surface area (Å²) in [6, 6.07) is 0.505. The van der Waals surface area contributed by atoms with E-state index in [0.29, 0.717) is 6.01 Å². The standard InChI is InChI=1S/C14H21N3O/c1-3-4-7-17-8-5-13(6-9-17)18-14-15-10-12(2)11-16-14/h3,10-11,13H,1,4-9H2,2H3. The summed E-state index contributed by atoms with van der Waals surface area (Å²) in [5.74, 6) is 0. The molecule has 0 aromatic carbocycles. The van der Waals surface area contributed by atoms with Crippen LogP contribution < -0.4 is 4.74 Å². The minimum atomic E-state index is 0.257. The fourth-order valence-electron chi connectivity index (χ4n) is 2.12. The largest absolute Gasteiger partial charge is 0.460 e. The van der Waals surface area contributed by atoms with E-state index in [9.17, 15) is 0 Å². The fourth-order valence-corrected chi connectivity index (χ4v) is 2.12. The number of rotatable bonds is 5. The van der Waals surface area contributed by atoms with Gasteiger partial charge in [0, 0.05) is 32.0 Å². The van der Waals surface area contributed by atoms with Crippen LogP contribution in [0.4, 0.5) is 0 Å². The van der Waals surface area contributed by atoms with Gasteiger partial charge in [-0.05, 0) is 31.7 Å². The van der Waals surface area contributed by atoms with Crippen molar-refractivity contribution in [2.75, 3.05) is 19.6 Å². The molecular weight excluding hydrogens is 226 g/mol. The molecule has 2 rings (SSSR count). The molecule has 98 valence electrons. The monoisotopic (exact) mass is 247 g/mol. The molecule has 0 bridgehead atoms. The van der Waals surface area contributed by atoms with Crippen molar-refractivity contribution in [1.29, 1.82) is 0 Å². The molecule has 1 aromatic heterocycles. The van der Waals surface area contributed by atoms with Crippen LogP contribution in [-0.4, -0.2) is 40.6 Å². The first-order valence-electron chi connectivity index (χ1n) is 6.56. The van der Waals surface area contributed by atoms with Gasteiger partial charge < -0.3 is 9.64 Å². The van der Waals surface area contributed by atoms with Gasteiger partial charge >= 0.3 is 6.01 Å². The maximum atomic E-state index is 5.79. The van der Waals surface area contributed by atoms with Crippen molar-refractivity contribution in [1.82, 2.24) is 14.9 Å². The van der Waals surface area contributed by atoms with E-state index in [0.717, 1.165) is 44.5 Å². The van der Waals surface area contributed by atoms with Gasteiger partial charge in [0.2, 0.25) is 0 Å². The molecule has 1 aromatic rings. The Balaban J connectivity index is 1.76. The summed E-state index contributed by atoms with van der Waals surface area (Å²) in [6.45, 7) is 9.01. The van der Waals surface area contributed by atoms with E-state index >= 15 is 0 Å². The summed E-state index contributed by atoms with van der Waals surface area (Å²) < 4.78 is 5.79. The number of likely N-dealkylation sites (tertiary alicyclic amines) is 1. The maximum Gasteiger partial charge on any atom is 0.316 e. The molecule has 4 nitrogen and oxygen atoms in total. The minimum absolute atomic E-state index is 0.257. The van der Waals surface area contributed by atoms with Crippen LogP contribution in [0, 0.1) is 6.92 Å². The Bertz CT molecular complexity index is 369. The first-order valence-corrected chi connectivity index (χ1v) is 6.56. The third-order valence-corrected chi connectivity index (χ3v) is 3.21. The number of piperidine rings is 1. The molecule has 4 heteroatoms. The van der Waals surface area contributed by atoms with E-state index < -0.39 is 0 Å². The van der Waals surface area contributed by atoms with Crippen molar-refractivity contribution in [3.63, 3.8) is 0 Å². The number of aromatic nitrogens is 2. The summed E-state index contributed by atoms with van der Waals surface area (Å²) in [6.07, 6.45) is 8.98. The zero-order valence-electron chi connectivity index (χ0n) is 11.0. The van der Waals surface area contributed by atoms with Crippen molar-refractivity contribution in [3.05, 3.63) is 30.6 Å². The summed E-state index contributed by atoms with van der Waals surface area (Å²) in [4.78, 5) is 10.8. The van der Waals surface area contributed by atoms with E-state index in [1.165, 1.54) is 0 Å². The molecule has 0 N–H and O–H groups in total. The van der Waals surface area contributed by atoms with E-state index in [1.54, 1.807) is 12.4 Å². The quantitative estimate of drug-likeness (QED) is 0.748. The molecule has 1 aliphatic rings. The molecule has 2 heterocycles. The first kappa shape index (κ1) is 13.0. The highest BCUT2D eigenvalue weighted by Gasteiger charge is 2.20. The zero-order chi connectivity index (χ0) is 12.8. The summed E-state index contributed by atoms with van der Waals surface area (Å²) in [5, 5.41) is 0. The Labute approximate surface area is 109 Å². The second kappa shape index (κ2) is 6.50. The van der Waals surface area contributed by atoms with Crippen molar-refractivity contribution >= 4 is 0 Å². The SMILES string of the molecule is C=CCCN1CCC(Oc2ncc(C)cn2)CC1. The van der Waals surface area contributed by atoms with Crippen molar-refractivity contribution in [3.8, 4) is 6.01 Å². The van der Waals surface area contributed by atoms with Crippen LogP contribution in [0.1, 0.15) is 24.8 Å². The Morgan fingerprint density at radius 1 is 1.39 bits per heavy atom. The van der Waals surface area contributed by atoms with Gasteiger partial charge in [0.05, 0.1) is 0 Å².